The van der Waals surface area contributed by atoms with Crippen molar-refractivity contribution in [3.05, 3.63) is 58.1 Å². The lowest BCUT2D eigenvalue weighted by molar-refractivity contribution is 0.103. The van der Waals surface area contributed by atoms with Crippen molar-refractivity contribution in [1.82, 2.24) is 0 Å². The molecule has 3 nitrogen and oxygen atoms in total. The number of halogens is 1. The number of rotatable bonds is 2. The minimum absolute atomic E-state index is 0.0595. The van der Waals surface area contributed by atoms with Crippen LogP contribution in [0, 0.1) is 0 Å². The first kappa shape index (κ1) is 13.0. The van der Waals surface area contributed by atoms with E-state index in [0.29, 0.717) is 21.8 Å². The SMILES string of the molecule is CC1Cc2cc(C(=O)c3ccc(Cl)c(N)c3)ccc2O1. The molecule has 4 heteroatoms. The lowest BCUT2D eigenvalue weighted by atomic mass is 9.99. The average molecular weight is 288 g/mol. The molecule has 1 aliphatic heterocycles. The second kappa shape index (κ2) is 4.84. The largest absolute Gasteiger partial charge is 0.490 e. The van der Waals surface area contributed by atoms with E-state index < -0.39 is 0 Å². The molecule has 0 fully saturated rings. The molecule has 0 saturated heterocycles. The van der Waals surface area contributed by atoms with Crippen molar-refractivity contribution in [2.24, 2.45) is 0 Å². The number of anilines is 1. The summed E-state index contributed by atoms with van der Waals surface area (Å²) in [6.07, 6.45) is 1.00. The number of benzene rings is 2. The maximum Gasteiger partial charge on any atom is 0.193 e. The van der Waals surface area contributed by atoms with E-state index >= 15 is 0 Å². The monoisotopic (exact) mass is 287 g/mol. The van der Waals surface area contributed by atoms with Crippen molar-refractivity contribution in [3.8, 4) is 5.75 Å². The molecule has 20 heavy (non-hydrogen) atoms. The standard InChI is InChI=1S/C16H14ClNO2/c1-9-6-12-7-10(3-5-15(12)20-9)16(19)11-2-4-13(17)14(18)8-11/h2-5,7-9H,6,18H2,1H3. The Morgan fingerprint density at radius 3 is 2.70 bits per heavy atom. The Morgan fingerprint density at radius 2 is 1.95 bits per heavy atom. The van der Waals surface area contributed by atoms with Gasteiger partial charge in [0.1, 0.15) is 11.9 Å². The minimum atomic E-state index is -0.0595. The summed E-state index contributed by atoms with van der Waals surface area (Å²) in [5.74, 6) is 0.806. The number of nitrogen functional groups attached to an aromatic ring is 1. The van der Waals surface area contributed by atoms with Gasteiger partial charge in [-0.25, -0.2) is 0 Å². The first-order valence-corrected chi connectivity index (χ1v) is 6.81. The van der Waals surface area contributed by atoms with Gasteiger partial charge in [-0.1, -0.05) is 11.6 Å². The summed E-state index contributed by atoms with van der Waals surface area (Å²) >= 11 is 5.87. The summed E-state index contributed by atoms with van der Waals surface area (Å²) in [4.78, 5) is 12.5. The van der Waals surface area contributed by atoms with E-state index in [2.05, 4.69) is 0 Å². The summed E-state index contributed by atoms with van der Waals surface area (Å²) in [6, 6.07) is 10.5. The quantitative estimate of drug-likeness (QED) is 0.679. The van der Waals surface area contributed by atoms with Crippen molar-refractivity contribution in [1.29, 1.82) is 0 Å². The topological polar surface area (TPSA) is 52.3 Å². The third kappa shape index (κ3) is 2.25. The number of carbonyl (C=O) groups is 1. The van der Waals surface area contributed by atoms with Crippen LogP contribution in [0.5, 0.6) is 5.75 Å². The molecule has 0 aromatic heterocycles. The van der Waals surface area contributed by atoms with E-state index in [1.807, 2.05) is 19.1 Å². The zero-order valence-electron chi connectivity index (χ0n) is 11.0. The first-order valence-electron chi connectivity index (χ1n) is 6.44. The van der Waals surface area contributed by atoms with Crippen LogP contribution < -0.4 is 10.5 Å². The highest BCUT2D eigenvalue weighted by Gasteiger charge is 2.21. The third-order valence-corrected chi connectivity index (χ3v) is 3.76. The molecular weight excluding hydrogens is 274 g/mol. The fourth-order valence-electron chi connectivity index (χ4n) is 2.41. The maximum absolute atomic E-state index is 12.5. The zero-order valence-corrected chi connectivity index (χ0v) is 11.8. The third-order valence-electron chi connectivity index (χ3n) is 3.42. The fourth-order valence-corrected chi connectivity index (χ4v) is 2.53. The lowest BCUT2D eigenvalue weighted by Gasteiger charge is -2.05. The summed E-state index contributed by atoms with van der Waals surface area (Å²) in [5, 5.41) is 0.456. The van der Waals surface area contributed by atoms with Crippen LogP contribution in [-0.2, 0) is 6.42 Å². The van der Waals surface area contributed by atoms with E-state index in [1.165, 1.54) is 0 Å². The summed E-state index contributed by atoms with van der Waals surface area (Å²) < 4.78 is 5.63. The van der Waals surface area contributed by atoms with Gasteiger partial charge < -0.3 is 10.5 Å². The van der Waals surface area contributed by atoms with Crippen LogP contribution >= 0.6 is 11.6 Å². The summed E-state index contributed by atoms with van der Waals surface area (Å²) in [6.45, 7) is 2.02. The second-order valence-corrected chi connectivity index (χ2v) is 5.43. The first-order chi connectivity index (χ1) is 9.54. The number of ketones is 1. The predicted octanol–water partition coefficient (Wildman–Crippen LogP) is 3.48. The van der Waals surface area contributed by atoms with E-state index in [0.717, 1.165) is 17.7 Å². The minimum Gasteiger partial charge on any atom is -0.490 e. The number of hydrogen-bond donors (Lipinski definition) is 1. The summed E-state index contributed by atoms with van der Waals surface area (Å²) in [7, 11) is 0. The van der Waals surface area contributed by atoms with Crippen LogP contribution in [0.2, 0.25) is 5.02 Å². The Balaban J connectivity index is 1.95. The molecule has 2 aromatic carbocycles. The predicted molar refractivity (Wildman–Crippen MR) is 79.5 cm³/mol. The molecular formula is C16H14ClNO2. The highest BCUT2D eigenvalue weighted by molar-refractivity contribution is 6.33. The van der Waals surface area contributed by atoms with Gasteiger partial charge in [0.15, 0.2) is 5.78 Å². The molecule has 1 heterocycles. The van der Waals surface area contributed by atoms with Crippen molar-refractivity contribution >= 4 is 23.1 Å². The molecule has 0 amide bonds. The summed E-state index contributed by atoms with van der Waals surface area (Å²) in [5.41, 5.74) is 8.41. The van der Waals surface area contributed by atoms with Gasteiger partial charge in [0.25, 0.3) is 0 Å². The molecule has 0 aliphatic carbocycles. The van der Waals surface area contributed by atoms with E-state index in [1.54, 1.807) is 24.3 Å². The van der Waals surface area contributed by atoms with Crippen molar-refractivity contribution < 1.29 is 9.53 Å². The van der Waals surface area contributed by atoms with Crippen LogP contribution in [0.1, 0.15) is 28.4 Å². The molecule has 1 atom stereocenters. The highest BCUT2D eigenvalue weighted by atomic mass is 35.5. The maximum atomic E-state index is 12.5. The molecule has 2 N–H and O–H groups in total. The van der Waals surface area contributed by atoms with Gasteiger partial charge in [0.05, 0.1) is 10.7 Å². The molecule has 0 spiro atoms. The van der Waals surface area contributed by atoms with Gasteiger partial charge in [-0.2, -0.15) is 0 Å². The number of carbonyl (C=O) groups excluding carboxylic acids is 1. The smallest absolute Gasteiger partial charge is 0.193 e. The van der Waals surface area contributed by atoms with Crippen LogP contribution in [0.4, 0.5) is 5.69 Å². The van der Waals surface area contributed by atoms with Gasteiger partial charge in [0, 0.05) is 17.5 Å². The molecule has 3 rings (SSSR count). The Morgan fingerprint density at radius 1 is 1.25 bits per heavy atom. The molecule has 0 bridgehead atoms. The van der Waals surface area contributed by atoms with Gasteiger partial charge in [0.2, 0.25) is 0 Å². The van der Waals surface area contributed by atoms with Crippen LogP contribution in [0.25, 0.3) is 0 Å². The number of fused-ring (bicyclic) bond motifs is 1. The van der Waals surface area contributed by atoms with E-state index in [9.17, 15) is 4.79 Å². The number of hydrogen-bond acceptors (Lipinski definition) is 3. The normalized spacial score (nSPS) is 16.6. The molecule has 0 saturated carbocycles. The lowest BCUT2D eigenvalue weighted by Crippen LogP contribution is -2.05. The molecule has 1 unspecified atom stereocenters. The van der Waals surface area contributed by atoms with Crippen LogP contribution in [0.15, 0.2) is 36.4 Å². The van der Waals surface area contributed by atoms with E-state index in [4.69, 9.17) is 22.1 Å². The van der Waals surface area contributed by atoms with Gasteiger partial charge in [-0.15, -0.1) is 0 Å². The number of nitrogens with two attached hydrogens (primary N) is 1. The second-order valence-electron chi connectivity index (χ2n) is 5.02. The highest BCUT2D eigenvalue weighted by Crippen LogP contribution is 2.30. The fraction of sp³-hybridized carbons (Fsp3) is 0.188. The van der Waals surface area contributed by atoms with E-state index in [-0.39, 0.29) is 11.9 Å². The van der Waals surface area contributed by atoms with Crippen LogP contribution in [0.3, 0.4) is 0 Å². The Labute approximate surface area is 122 Å². The number of ether oxygens (including phenoxy) is 1. The Hall–Kier alpha value is -2.00. The molecule has 0 radical (unpaired) electrons. The average Bonchev–Trinajstić information content (AvgIpc) is 2.80. The Bertz CT molecular complexity index is 697. The van der Waals surface area contributed by atoms with Gasteiger partial charge in [-0.05, 0) is 48.9 Å². The van der Waals surface area contributed by atoms with Gasteiger partial charge >= 0.3 is 0 Å². The van der Waals surface area contributed by atoms with Crippen molar-refractivity contribution in [2.45, 2.75) is 19.4 Å². The Kier molecular flexibility index (Phi) is 3.14. The molecule has 1 aliphatic rings. The van der Waals surface area contributed by atoms with Crippen molar-refractivity contribution in [2.75, 3.05) is 5.73 Å². The molecule has 102 valence electrons. The zero-order chi connectivity index (χ0) is 14.3. The molecule has 2 aromatic rings. The van der Waals surface area contributed by atoms with Crippen LogP contribution in [-0.4, -0.2) is 11.9 Å². The van der Waals surface area contributed by atoms with Gasteiger partial charge in [-0.3, -0.25) is 4.79 Å². The van der Waals surface area contributed by atoms with Crippen molar-refractivity contribution in [3.63, 3.8) is 0 Å².